The zero-order chi connectivity index (χ0) is 34.9. The van der Waals surface area contributed by atoms with Crippen molar-refractivity contribution in [1.82, 2.24) is 0 Å². The first-order chi connectivity index (χ1) is 22.2. The van der Waals surface area contributed by atoms with Crippen LogP contribution in [0.25, 0.3) is 0 Å². The van der Waals surface area contributed by atoms with Gasteiger partial charge in [-0.25, -0.2) is 0 Å². The van der Waals surface area contributed by atoms with Crippen molar-refractivity contribution in [3.05, 3.63) is 48.6 Å². The van der Waals surface area contributed by atoms with Crippen molar-refractivity contribution in [3.63, 3.8) is 0 Å². The summed E-state index contributed by atoms with van der Waals surface area (Å²) in [4.78, 5) is 39.7. The van der Waals surface area contributed by atoms with E-state index in [4.69, 9.17) is 16.7 Å². The molecule has 0 aromatic carbocycles. The Balaban J connectivity index is -0.000000682. The lowest BCUT2D eigenvalue weighted by atomic mass is 10.1. The molecule has 0 saturated heterocycles. The van der Waals surface area contributed by atoms with Crippen LogP contribution in [-0.2, 0) is 19.2 Å². The molecule has 0 aliphatic carbocycles. The number of allylic oxidation sites excluding steroid dienone is 8. The van der Waals surface area contributed by atoms with Gasteiger partial charge in [0.1, 0.15) is 0 Å². The lowest BCUT2D eigenvalue weighted by Gasteiger charge is -1.98. The Morgan fingerprint density at radius 1 is 0.435 bits per heavy atom. The summed E-state index contributed by atoms with van der Waals surface area (Å²) in [5.41, 5.74) is 0. The van der Waals surface area contributed by atoms with Crippen LogP contribution in [0.15, 0.2) is 48.6 Å². The van der Waals surface area contributed by atoms with Crippen LogP contribution >= 0.6 is 34.8 Å². The molecule has 8 heteroatoms. The Morgan fingerprint density at radius 3 is 1.04 bits per heavy atom. The summed E-state index contributed by atoms with van der Waals surface area (Å²) in [6.07, 6.45) is 45.2. The molecule has 0 fully saturated rings. The zero-order valence-corrected chi connectivity index (χ0v) is 31.1. The second kappa shape index (κ2) is 43.3. The third-order valence-corrected chi connectivity index (χ3v) is 7.45. The van der Waals surface area contributed by atoms with Crippen LogP contribution in [0.5, 0.6) is 0 Å². The van der Waals surface area contributed by atoms with Gasteiger partial charge < -0.3 is 5.11 Å². The molecule has 0 heterocycles. The maximum atomic E-state index is 10.5. The number of rotatable bonds is 29. The summed E-state index contributed by atoms with van der Waals surface area (Å²) in [6, 6.07) is 0. The number of hydrogen-bond donors (Lipinski definition) is 1. The largest absolute Gasteiger partial charge is 0.481 e. The average molecular weight is 706 g/mol. The summed E-state index contributed by atoms with van der Waals surface area (Å²) >= 11 is 14.3. The van der Waals surface area contributed by atoms with Crippen molar-refractivity contribution in [2.24, 2.45) is 0 Å². The highest BCUT2D eigenvalue weighted by molar-refractivity contribution is 6.97. The third-order valence-electron chi connectivity index (χ3n) is 6.82. The van der Waals surface area contributed by atoms with Crippen LogP contribution in [-0.4, -0.2) is 26.8 Å². The fourth-order valence-corrected chi connectivity index (χ4v) is 4.30. The number of carboxylic acids is 1. The van der Waals surface area contributed by atoms with E-state index >= 15 is 0 Å². The molecular weight excluding hydrogens is 643 g/mol. The molecule has 0 atom stereocenters. The van der Waals surface area contributed by atoms with Gasteiger partial charge in [-0.1, -0.05) is 127 Å². The third kappa shape index (κ3) is 54.8. The van der Waals surface area contributed by atoms with Crippen LogP contribution in [0.3, 0.4) is 0 Å². The Morgan fingerprint density at radius 2 is 0.739 bits per heavy atom. The van der Waals surface area contributed by atoms with Gasteiger partial charge in [-0.05, 0) is 112 Å². The maximum absolute atomic E-state index is 10.5. The molecule has 0 aliphatic heterocycles. The number of hydrogen-bond acceptors (Lipinski definition) is 4. The molecule has 0 spiro atoms. The van der Waals surface area contributed by atoms with Gasteiger partial charge in [0.25, 0.3) is 0 Å². The Hall–Kier alpha value is -1.69. The molecule has 266 valence electrons. The molecule has 0 unspecified atom stereocenters. The van der Waals surface area contributed by atoms with Gasteiger partial charge in [0.05, 0.1) is 0 Å². The number of halogens is 3. The van der Waals surface area contributed by atoms with E-state index in [0.717, 1.165) is 44.9 Å². The van der Waals surface area contributed by atoms with Crippen LogP contribution in [0.2, 0.25) is 0 Å². The minimum Gasteiger partial charge on any atom is -0.481 e. The fraction of sp³-hybridized carbons (Fsp3) is 0.684. The van der Waals surface area contributed by atoms with Gasteiger partial charge in [0.2, 0.25) is 5.24 Å². The van der Waals surface area contributed by atoms with E-state index in [-0.39, 0.29) is 5.24 Å². The minimum absolute atomic E-state index is 0.198. The summed E-state index contributed by atoms with van der Waals surface area (Å²) in [5, 5.41) is 6.02. The van der Waals surface area contributed by atoms with Crippen molar-refractivity contribution in [3.8, 4) is 0 Å². The second-order valence-electron chi connectivity index (χ2n) is 11.3. The van der Waals surface area contributed by atoms with Crippen molar-refractivity contribution < 1.29 is 24.3 Å². The van der Waals surface area contributed by atoms with Gasteiger partial charge in [0.15, 0.2) is 0 Å². The molecular formula is C38H63Cl3O5. The van der Waals surface area contributed by atoms with Crippen molar-refractivity contribution in [1.29, 1.82) is 0 Å². The van der Waals surface area contributed by atoms with Crippen LogP contribution in [0.1, 0.15) is 168 Å². The quantitative estimate of drug-likeness (QED) is 0.0362. The molecule has 0 saturated carbocycles. The second-order valence-corrected chi connectivity index (χ2v) is 12.4. The molecule has 5 nitrogen and oxygen atoms in total. The van der Waals surface area contributed by atoms with E-state index < -0.39 is 16.5 Å². The van der Waals surface area contributed by atoms with E-state index in [1.165, 1.54) is 96.3 Å². The van der Waals surface area contributed by atoms with Crippen molar-refractivity contribution in [2.75, 3.05) is 0 Å². The van der Waals surface area contributed by atoms with Crippen molar-refractivity contribution in [2.45, 2.75) is 168 Å². The highest BCUT2D eigenvalue weighted by atomic mass is 35.5. The molecule has 0 rings (SSSR count). The van der Waals surface area contributed by atoms with Gasteiger partial charge in [-0.2, -0.15) is 0 Å². The minimum atomic E-state index is -1.14. The SMILES string of the molecule is CCCCC/C=C\C/C=C\CCCCCCCC(=O)Cl.CCCCC/C=C\C/C=C\CCCCCCCC(=O)O.O=C(Cl)C(=O)Cl. The highest BCUT2D eigenvalue weighted by Crippen LogP contribution is 2.10. The van der Waals surface area contributed by atoms with Gasteiger partial charge in [0, 0.05) is 12.8 Å². The van der Waals surface area contributed by atoms with Crippen LogP contribution < -0.4 is 0 Å². The molecule has 0 bridgehead atoms. The van der Waals surface area contributed by atoms with Gasteiger partial charge in [-0.15, -0.1) is 0 Å². The monoisotopic (exact) mass is 704 g/mol. The predicted molar refractivity (Wildman–Crippen MR) is 199 cm³/mol. The number of carbonyl (C=O) groups excluding carboxylic acids is 3. The maximum Gasteiger partial charge on any atom is 0.304 e. The van der Waals surface area contributed by atoms with Crippen molar-refractivity contribution >= 4 is 56.5 Å². The summed E-state index contributed by atoms with van der Waals surface area (Å²) in [6.45, 7) is 4.47. The Bertz CT molecular complexity index is 766. The Labute approximate surface area is 296 Å². The number of aliphatic carboxylic acids is 1. The topological polar surface area (TPSA) is 88.5 Å². The van der Waals surface area contributed by atoms with Crippen LogP contribution in [0.4, 0.5) is 0 Å². The molecule has 1 N–H and O–H groups in total. The number of carboxylic acid groups (broad SMARTS) is 1. The molecule has 0 aromatic heterocycles. The Kier molecular flexibility index (Phi) is 45.9. The molecule has 0 aromatic rings. The lowest BCUT2D eigenvalue weighted by Crippen LogP contribution is -1.94. The fourth-order valence-electron chi connectivity index (χ4n) is 4.16. The molecule has 0 radical (unpaired) electrons. The smallest absolute Gasteiger partial charge is 0.304 e. The normalized spacial score (nSPS) is 11.2. The molecule has 46 heavy (non-hydrogen) atoms. The van der Waals surface area contributed by atoms with Gasteiger partial charge >= 0.3 is 16.5 Å². The van der Waals surface area contributed by atoms with E-state index in [0.29, 0.717) is 12.8 Å². The predicted octanol–water partition coefficient (Wildman–Crippen LogP) is 13.0. The van der Waals surface area contributed by atoms with Crippen LogP contribution in [0, 0.1) is 0 Å². The number of carbonyl (C=O) groups is 4. The molecule has 0 aliphatic rings. The van der Waals surface area contributed by atoms with E-state index in [1.807, 2.05) is 0 Å². The number of unbranched alkanes of at least 4 members (excludes halogenated alkanes) is 16. The molecule has 0 amide bonds. The van der Waals surface area contributed by atoms with Gasteiger partial charge in [-0.3, -0.25) is 19.2 Å². The highest BCUT2D eigenvalue weighted by Gasteiger charge is 2.02. The summed E-state index contributed by atoms with van der Waals surface area (Å²) < 4.78 is 0. The first kappa shape index (κ1) is 48.7. The first-order valence-corrected chi connectivity index (χ1v) is 18.7. The first-order valence-electron chi connectivity index (χ1n) is 17.6. The standard InChI is InChI=1S/C18H31ClO.C18H32O2.C2Cl2O2/c2*1-2-3-4-5-6-7-8-9-10-11-12-13-14-15-16-17-18(19)20;3-1(5)2(4)6/h6-7,9-10H,2-5,8,11-17H2,1H3;6-7,9-10H,2-5,8,11-17H2,1H3,(H,19,20);/b2*7-6-,10-9-;. The lowest BCUT2D eigenvalue weighted by molar-refractivity contribution is -0.137. The summed E-state index contributed by atoms with van der Waals surface area (Å²) in [5.74, 6) is -0.671. The zero-order valence-electron chi connectivity index (χ0n) is 28.8. The van der Waals surface area contributed by atoms with E-state index in [2.05, 4.69) is 85.7 Å². The van der Waals surface area contributed by atoms with E-state index in [9.17, 15) is 19.2 Å². The summed E-state index contributed by atoms with van der Waals surface area (Å²) in [7, 11) is 0. The average Bonchev–Trinajstić information content (AvgIpc) is 3.01. The van der Waals surface area contributed by atoms with E-state index in [1.54, 1.807) is 0 Å².